The third-order valence-corrected chi connectivity index (χ3v) is 6.80. The van der Waals surface area contributed by atoms with Gasteiger partial charge in [0, 0.05) is 13.1 Å². The Hall–Kier alpha value is -1.49. The van der Waals surface area contributed by atoms with Crippen LogP contribution in [-0.2, 0) is 24.8 Å². The highest BCUT2D eigenvalue weighted by Crippen LogP contribution is 2.18. The molecule has 0 aliphatic carbocycles. The van der Waals surface area contributed by atoms with Crippen LogP contribution < -0.4 is 4.72 Å². The highest BCUT2D eigenvalue weighted by Gasteiger charge is 2.24. The van der Waals surface area contributed by atoms with Crippen LogP contribution >= 0.6 is 0 Å². The molecule has 10 heteroatoms. The molecule has 0 aromatic heterocycles. The van der Waals surface area contributed by atoms with Crippen LogP contribution in [0.4, 0.5) is 0 Å². The zero-order chi connectivity index (χ0) is 17.8. The van der Waals surface area contributed by atoms with Crippen molar-refractivity contribution < 1.29 is 26.7 Å². The van der Waals surface area contributed by atoms with E-state index >= 15 is 0 Å². The van der Waals surface area contributed by atoms with E-state index in [0.717, 1.165) is 12.1 Å². The predicted octanol–water partition coefficient (Wildman–Crippen LogP) is 0.469. The molecule has 0 unspecified atom stereocenters. The van der Waals surface area contributed by atoms with E-state index in [4.69, 9.17) is 5.11 Å². The van der Waals surface area contributed by atoms with Gasteiger partial charge in [0.2, 0.25) is 20.0 Å². The SMILES string of the molecule is CCN(CC)S(=O)(=O)c1ccc(S(=O)(=O)N[C@@H](C)C(=O)O)cc1. The molecular weight excluding hydrogens is 344 g/mol. The third-order valence-electron chi connectivity index (χ3n) is 3.18. The molecule has 1 atom stereocenters. The van der Waals surface area contributed by atoms with E-state index in [1.54, 1.807) is 13.8 Å². The number of carbonyl (C=O) groups is 1. The second-order valence-electron chi connectivity index (χ2n) is 4.74. The Kier molecular flexibility index (Phi) is 6.28. The van der Waals surface area contributed by atoms with Gasteiger partial charge in [0.15, 0.2) is 0 Å². The van der Waals surface area contributed by atoms with Gasteiger partial charge in [-0.1, -0.05) is 13.8 Å². The molecule has 0 amide bonds. The number of carboxylic acids is 1. The minimum Gasteiger partial charge on any atom is -0.480 e. The van der Waals surface area contributed by atoms with Gasteiger partial charge >= 0.3 is 5.97 Å². The van der Waals surface area contributed by atoms with Gasteiger partial charge in [0.05, 0.1) is 9.79 Å². The Morgan fingerprint density at radius 3 is 1.91 bits per heavy atom. The molecule has 0 bridgehead atoms. The number of carboxylic acid groups (broad SMARTS) is 1. The molecule has 0 fully saturated rings. The molecule has 8 nitrogen and oxygen atoms in total. The topological polar surface area (TPSA) is 121 Å². The van der Waals surface area contributed by atoms with Gasteiger partial charge in [-0.2, -0.15) is 9.03 Å². The summed E-state index contributed by atoms with van der Waals surface area (Å²) in [5.74, 6) is -1.31. The molecule has 2 N–H and O–H groups in total. The molecule has 0 saturated carbocycles. The van der Waals surface area contributed by atoms with Crippen molar-refractivity contribution >= 4 is 26.0 Å². The Balaban J connectivity index is 3.12. The predicted molar refractivity (Wildman–Crippen MR) is 84.0 cm³/mol. The fourth-order valence-electron chi connectivity index (χ4n) is 1.85. The maximum absolute atomic E-state index is 12.3. The van der Waals surface area contributed by atoms with E-state index in [0.29, 0.717) is 13.1 Å². The number of nitrogens with zero attached hydrogens (tertiary/aromatic N) is 1. The molecule has 23 heavy (non-hydrogen) atoms. The van der Waals surface area contributed by atoms with Crippen molar-refractivity contribution in [1.82, 2.24) is 9.03 Å². The first-order chi connectivity index (χ1) is 10.6. The molecular formula is C13H20N2O6S2. The highest BCUT2D eigenvalue weighted by atomic mass is 32.2. The summed E-state index contributed by atoms with van der Waals surface area (Å²) in [6.07, 6.45) is 0. The van der Waals surface area contributed by atoms with Crippen LogP contribution in [0, 0.1) is 0 Å². The van der Waals surface area contributed by atoms with Crippen molar-refractivity contribution in [2.45, 2.75) is 36.6 Å². The largest absolute Gasteiger partial charge is 0.480 e. The average Bonchev–Trinajstić information content (AvgIpc) is 2.47. The van der Waals surface area contributed by atoms with Crippen molar-refractivity contribution in [3.8, 4) is 0 Å². The number of aliphatic carboxylic acids is 1. The average molecular weight is 364 g/mol. The number of nitrogens with one attached hydrogen (secondary N) is 1. The van der Waals surface area contributed by atoms with Gasteiger partial charge in [0.25, 0.3) is 0 Å². The molecule has 130 valence electrons. The Morgan fingerprint density at radius 1 is 1.09 bits per heavy atom. The quantitative estimate of drug-likeness (QED) is 0.692. The van der Waals surface area contributed by atoms with Crippen LogP contribution in [0.15, 0.2) is 34.1 Å². The van der Waals surface area contributed by atoms with E-state index in [1.807, 2.05) is 4.72 Å². The zero-order valence-corrected chi connectivity index (χ0v) is 14.7. The minimum atomic E-state index is -4.04. The molecule has 0 radical (unpaired) electrons. The summed E-state index contributed by atoms with van der Waals surface area (Å²) < 4.78 is 51.9. The van der Waals surface area contributed by atoms with Crippen LogP contribution in [0.3, 0.4) is 0 Å². The first kappa shape index (κ1) is 19.6. The molecule has 0 aliphatic rings. The lowest BCUT2D eigenvalue weighted by Crippen LogP contribution is -2.38. The van der Waals surface area contributed by atoms with Gasteiger partial charge in [-0.05, 0) is 31.2 Å². The van der Waals surface area contributed by atoms with E-state index < -0.39 is 32.1 Å². The van der Waals surface area contributed by atoms with Crippen molar-refractivity contribution in [2.24, 2.45) is 0 Å². The van der Waals surface area contributed by atoms with Crippen LogP contribution in [0.5, 0.6) is 0 Å². The van der Waals surface area contributed by atoms with Gasteiger partial charge in [-0.15, -0.1) is 0 Å². The maximum Gasteiger partial charge on any atom is 0.321 e. The molecule has 1 aromatic carbocycles. The lowest BCUT2D eigenvalue weighted by molar-refractivity contribution is -0.138. The van der Waals surface area contributed by atoms with E-state index in [2.05, 4.69) is 0 Å². The molecule has 0 aliphatic heterocycles. The van der Waals surface area contributed by atoms with E-state index in [-0.39, 0.29) is 9.79 Å². The molecule has 0 saturated heterocycles. The van der Waals surface area contributed by atoms with E-state index in [1.165, 1.54) is 23.4 Å². The number of rotatable bonds is 8. The summed E-state index contributed by atoms with van der Waals surface area (Å²) in [6, 6.07) is 3.35. The summed E-state index contributed by atoms with van der Waals surface area (Å²) in [5.41, 5.74) is 0. The molecule has 0 spiro atoms. The number of sulfonamides is 2. The number of benzene rings is 1. The first-order valence-electron chi connectivity index (χ1n) is 6.91. The Bertz CT molecular complexity index is 752. The standard InChI is InChI=1S/C13H20N2O6S2/c1-4-15(5-2)23(20,21)12-8-6-11(7-9-12)22(18,19)14-10(3)13(16)17/h6-10,14H,4-5H2,1-3H3,(H,16,17)/t10-/m0/s1. The number of hydrogen-bond acceptors (Lipinski definition) is 5. The van der Waals surface area contributed by atoms with Crippen LogP contribution in [0.2, 0.25) is 0 Å². The van der Waals surface area contributed by atoms with Gasteiger partial charge in [-0.3, -0.25) is 4.79 Å². The number of hydrogen-bond donors (Lipinski definition) is 2. The van der Waals surface area contributed by atoms with Crippen molar-refractivity contribution in [2.75, 3.05) is 13.1 Å². The summed E-state index contributed by atoms with van der Waals surface area (Å²) in [4.78, 5) is 10.5. The van der Waals surface area contributed by atoms with Crippen molar-refractivity contribution in [3.63, 3.8) is 0 Å². The summed E-state index contributed by atoms with van der Waals surface area (Å²) >= 11 is 0. The normalized spacial score (nSPS) is 13.9. The van der Waals surface area contributed by atoms with Gasteiger partial charge in [0.1, 0.15) is 6.04 Å². The monoisotopic (exact) mass is 364 g/mol. The lowest BCUT2D eigenvalue weighted by atomic mass is 10.4. The smallest absolute Gasteiger partial charge is 0.321 e. The highest BCUT2D eigenvalue weighted by molar-refractivity contribution is 7.89. The fourth-order valence-corrected chi connectivity index (χ4v) is 4.51. The zero-order valence-electron chi connectivity index (χ0n) is 13.1. The molecule has 0 heterocycles. The first-order valence-corrected chi connectivity index (χ1v) is 9.84. The summed E-state index contributed by atoms with van der Waals surface area (Å²) in [7, 11) is -7.71. The molecule has 1 aromatic rings. The lowest BCUT2D eigenvalue weighted by Gasteiger charge is -2.18. The van der Waals surface area contributed by atoms with Gasteiger partial charge < -0.3 is 5.11 Å². The summed E-state index contributed by atoms with van der Waals surface area (Å²) in [5, 5.41) is 8.75. The van der Waals surface area contributed by atoms with Gasteiger partial charge in [-0.25, -0.2) is 16.8 Å². The fraction of sp³-hybridized carbons (Fsp3) is 0.462. The summed E-state index contributed by atoms with van der Waals surface area (Å²) in [6.45, 7) is 5.21. The Morgan fingerprint density at radius 2 is 1.52 bits per heavy atom. The van der Waals surface area contributed by atoms with Crippen LogP contribution in [0.1, 0.15) is 20.8 Å². The van der Waals surface area contributed by atoms with Crippen LogP contribution in [-0.4, -0.2) is 51.3 Å². The van der Waals surface area contributed by atoms with Crippen molar-refractivity contribution in [3.05, 3.63) is 24.3 Å². The van der Waals surface area contributed by atoms with Crippen molar-refractivity contribution in [1.29, 1.82) is 0 Å². The third kappa shape index (κ3) is 4.50. The second kappa shape index (κ2) is 7.39. The molecule has 1 rings (SSSR count). The Labute approximate surface area is 136 Å². The minimum absolute atomic E-state index is 0.0218. The maximum atomic E-state index is 12.3. The van der Waals surface area contributed by atoms with E-state index in [9.17, 15) is 21.6 Å². The second-order valence-corrected chi connectivity index (χ2v) is 8.39. The van der Waals surface area contributed by atoms with Crippen LogP contribution in [0.25, 0.3) is 0 Å².